The Hall–Kier alpha value is -1.80. The number of fused-ring (bicyclic) bond motifs is 1. The maximum atomic E-state index is 5.81. The summed E-state index contributed by atoms with van der Waals surface area (Å²) in [5.41, 5.74) is 5.14. The predicted molar refractivity (Wildman–Crippen MR) is 87.8 cm³/mol. The van der Waals surface area contributed by atoms with Gasteiger partial charge >= 0.3 is 0 Å². The van der Waals surface area contributed by atoms with Gasteiger partial charge in [0.25, 0.3) is 0 Å². The van der Waals surface area contributed by atoms with Crippen molar-refractivity contribution in [1.82, 2.24) is 5.32 Å². The lowest BCUT2D eigenvalue weighted by atomic mass is 9.97. The lowest BCUT2D eigenvalue weighted by Crippen LogP contribution is -2.19. The second kappa shape index (κ2) is 6.31. The second-order valence-corrected chi connectivity index (χ2v) is 5.53. The van der Waals surface area contributed by atoms with Gasteiger partial charge in [-0.05, 0) is 29.7 Å². The first kappa shape index (κ1) is 14.2. The summed E-state index contributed by atoms with van der Waals surface area (Å²) in [6, 6.07) is 15.8. The molecule has 0 aromatic heterocycles. The molecule has 3 rings (SSSR count). The van der Waals surface area contributed by atoms with Crippen LogP contribution in [0.1, 0.15) is 37.4 Å². The van der Waals surface area contributed by atoms with Gasteiger partial charge in [-0.15, -0.1) is 0 Å². The molecule has 0 radical (unpaired) electrons. The Balaban J connectivity index is 1.90. The smallest absolute Gasteiger partial charge is 0.130 e. The molecule has 1 N–H and O–H groups in total. The molecule has 2 aromatic rings. The van der Waals surface area contributed by atoms with Crippen LogP contribution in [0.4, 0.5) is 0 Å². The zero-order valence-corrected chi connectivity index (χ0v) is 12.9. The minimum absolute atomic E-state index is 0.446. The third-order valence-corrected chi connectivity index (χ3v) is 4.20. The summed E-state index contributed by atoms with van der Waals surface area (Å²) in [7, 11) is 0. The SMILES string of the molecule is CCNC(CC)c1ccc(-c2cccc3c2OCC3)cc1. The van der Waals surface area contributed by atoms with E-state index in [2.05, 4.69) is 61.6 Å². The largest absolute Gasteiger partial charge is 0.492 e. The summed E-state index contributed by atoms with van der Waals surface area (Å²) in [6.07, 6.45) is 2.14. The highest BCUT2D eigenvalue weighted by Crippen LogP contribution is 2.37. The molecule has 0 bridgehead atoms. The third-order valence-electron chi connectivity index (χ3n) is 4.20. The van der Waals surface area contributed by atoms with Crippen LogP contribution in [0, 0.1) is 0 Å². The molecule has 1 unspecified atom stereocenters. The summed E-state index contributed by atoms with van der Waals surface area (Å²) < 4.78 is 5.81. The van der Waals surface area contributed by atoms with Gasteiger partial charge in [0.05, 0.1) is 6.61 Å². The number of rotatable bonds is 5. The molecule has 0 saturated heterocycles. The van der Waals surface area contributed by atoms with Crippen LogP contribution in [-0.2, 0) is 6.42 Å². The highest BCUT2D eigenvalue weighted by Gasteiger charge is 2.17. The molecule has 0 amide bonds. The van der Waals surface area contributed by atoms with E-state index in [0.29, 0.717) is 6.04 Å². The molecule has 0 saturated carbocycles. The number of para-hydroxylation sites is 1. The molecule has 1 aliphatic heterocycles. The fourth-order valence-corrected chi connectivity index (χ4v) is 3.08. The van der Waals surface area contributed by atoms with Crippen LogP contribution in [0.5, 0.6) is 5.75 Å². The lowest BCUT2D eigenvalue weighted by molar-refractivity contribution is 0.358. The standard InChI is InChI=1S/C19H23NO/c1-3-18(20-4-2)15-10-8-14(9-11-15)17-7-5-6-16-12-13-21-19(16)17/h5-11,18,20H,3-4,12-13H2,1-2H3. The van der Waals surface area contributed by atoms with Gasteiger partial charge in [-0.25, -0.2) is 0 Å². The van der Waals surface area contributed by atoms with Gasteiger partial charge in [0.15, 0.2) is 0 Å². The molecule has 2 nitrogen and oxygen atoms in total. The lowest BCUT2D eigenvalue weighted by Gasteiger charge is -2.17. The van der Waals surface area contributed by atoms with Crippen molar-refractivity contribution in [2.24, 2.45) is 0 Å². The minimum Gasteiger partial charge on any atom is -0.492 e. The highest BCUT2D eigenvalue weighted by molar-refractivity contribution is 5.73. The van der Waals surface area contributed by atoms with Crippen molar-refractivity contribution in [3.63, 3.8) is 0 Å². The summed E-state index contributed by atoms with van der Waals surface area (Å²) in [5.74, 6) is 1.07. The van der Waals surface area contributed by atoms with Crippen LogP contribution in [0.3, 0.4) is 0 Å². The van der Waals surface area contributed by atoms with E-state index in [1.54, 1.807) is 0 Å². The third kappa shape index (κ3) is 2.81. The molecule has 1 heterocycles. The van der Waals surface area contributed by atoms with Crippen molar-refractivity contribution in [1.29, 1.82) is 0 Å². The van der Waals surface area contributed by atoms with E-state index < -0.39 is 0 Å². The fourth-order valence-electron chi connectivity index (χ4n) is 3.08. The monoisotopic (exact) mass is 281 g/mol. The van der Waals surface area contributed by atoms with Gasteiger partial charge < -0.3 is 10.1 Å². The maximum Gasteiger partial charge on any atom is 0.130 e. The van der Waals surface area contributed by atoms with E-state index in [9.17, 15) is 0 Å². The molecule has 1 atom stereocenters. The van der Waals surface area contributed by atoms with Gasteiger partial charge in [0.1, 0.15) is 5.75 Å². The second-order valence-electron chi connectivity index (χ2n) is 5.53. The quantitative estimate of drug-likeness (QED) is 0.879. The molecule has 0 spiro atoms. The van der Waals surface area contributed by atoms with E-state index in [0.717, 1.165) is 31.7 Å². The Morgan fingerprint density at radius 1 is 1.10 bits per heavy atom. The van der Waals surface area contributed by atoms with Gasteiger partial charge in [-0.3, -0.25) is 0 Å². The number of benzene rings is 2. The Morgan fingerprint density at radius 2 is 1.90 bits per heavy atom. The average molecular weight is 281 g/mol. The molecule has 0 fully saturated rings. The van der Waals surface area contributed by atoms with Crippen LogP contribution >= 0.6 is 0 Å². The Labute approximate surface area is 127 Å². The molecule has 21 heavy (non-hydrogen) atoms. The zero-order chi connectivity index (χ0) is 14.7. The maximum absolute atomic E-state index is 5.81. The first-order valence-corrected chi connectivity index (χ1v) is 7.92. The summed E-state index contributed by atoms with van der Waals surface area (Å²) >= 11 is 0. The summed E-state index contributed by atoms with van der Waals surface area (Å²) in [5, 5.41) is 3.52. The first-order valence-electron chi connectivity index (χ1n) is 7.92. The molecular weight excluding hydrogens is 258 g/mol. The van der Waals surface area contributed by atoms with Gasteiger partial charge in [-0.2, -0.15) is 0 Å². The van der Waals surface area contributed by atoms with Gasteiger partial charge in [0, 0.05) is 18.0 Å². The summed E-state index contributed by atoms with van der Waals surface area (Å²) in [6.45, 7) is 6.18. The molecular formula is C19H23NO. The topological polar surface area (TPSA) is 21.3 Å². The zero-order valence-electron chi connectivity index (χ0n) is 12.9. The Kier molecular flexibility index (Phi) is 4.26. The van der Waals surface area contributed by atoms with Crippen molar-refractivity contribution in [2.75, 3.05) is 13.2 Å². The predicted octanol–water partition coefficient (Wildman–Crippen LogP) is 4.35. The molecule has 2 heteroatoms. The number of hydrogen-bond donors (Lipinski definition) is 1. The van der Waals surface area contributed by atoms with E-state index >= 15 is 0 Å². The van der Waals surface area contributed by atoms with E-state index in [1.165, 1.54) is 22.3 Å². The minimum atomic E-state index is 0.446. The van der Waals surface area contributed by atoms with E-state index in [-0.39, 0.29) is 0 Å². The summed E-state index contributed by atoms with van der Waals surface area (Å²) in [4.78, 5) is 0. The Bertz CT molecular complexity index is 603. The molecule has 1 aliphatic rings. The number of ether oxygens (including phenoxy) is 1. The van der Waals surface area contributed by atoms with Crippen LogP contribution in [0.25, 0.3) is 11.1 Å². The van der Waals surface area contributed by atoms with Crippen molar-refractivity contribution in [3.8, 4) is 16.9 Å². The normalized spacial score (nSPS) is 14.6. The van der Waals surface area contributed by atoms with Crippen LogP contribution in [0.15, 0.2) is 42.5 Å². The number of nitrogens with one attached hydrogen (secondary N) is 1. The van der Waals surface area contributed by atoms with E-state index in [1.807, 2.05) is 0 Å². The fraction of sp³-hybridized carbons (Fsp3) is 0.368. The highest BCUT2D eigenvalue weighted by atomic mass is 16.5. The van der Waals surface area contributed by atoms with Gasteiger partial charge in [0.2, 0.25) is 0 Å². The molecule has 110 valence electrons. The van der Waals surface area contributed by atoms with Crippen LogP contribution in [0.2, 0.25) is 0 Å². The average Bonchev–Trinajstić information content (AvgIpc) is 3.01. The van der Waals surface area contributed by atoms with Crippen molar-refractivity contribution in [3.05, 3.63) is 53.6 Å². The Morgan fingerprint density at radius 3 is 2.62 bits per heavy atom. The van der Waals surface area contributed by atoms with E-state index in [4.69, 9.17) is 4.74 Å². The molecule has 2 aromatic carbocycles. The van der Waals surface area contributed by atoms with Crippen molar-refractivity contribution < 1.29 is 4.74 Å². The number of hydrogen-bond acceptors (Lipinski definition) is 2. The van der Waals surface area contributed by atoms with Crippen molar-refractivity contribution in [2.45, 2.75) is 32.7 Å². The molecule has 0 aliphatic carbocycles. The van der Waals surface area contributed by atoms with Crippen LogP contribution < -0.4 is 10.1 Å². The van der Waals surface area contributed by atoms with Gasteiger partial charge in [-0.1, -0.05) is 56.3 Å². The first-order chi connectivity index (χ1) is 10.3. The van der Waals surface area contributed by atoms with Crippen molar-refractivity contribution >= 4 is 0 Å². The van der Waals surface area contributed by atoms with Crippen LogP contribution in [-0.4, -0.2) is 13.2 Å².